The first kappa shape index (κ1) is 16.2. The lowest BCUT2D eigenvalue weighted by atomic mass is 9.89. The van der Waals surface area contributed by atoms with E-state index in [4.69, 9.17) is 9.47 Å². The van der Waals surface area contributed by atoms with Crippen molar-refractivity contribution in [3.05, 3.63) is 0 Å². The van der Waals surface area contributed by atoms with E-state index in [2.05, 4.69) is 19.2 Å². The summed E-state index contributed by atoms with van der Waals surface area (Å²) in [6.45, 7) is 7.32. The fourth-order valence-electron chi connectivity index (χ4n) is 3.18. The molecule has 1 heterocycles. The van der Waals surface area contributed by atoms with Crippen LogP contribution in [0.25, 0.3) is 0 Å². The third kappa shape index (κ3) is 5.32. The predicted octanol–water partition coefficient (Wildman–Crippen LogP) is 1.96. The van der Waals surface area contributed by atoms with Gasteiger partial charge in [0.25, 0.3) is 0 Å². The number of aliphatic hydroxyl groups is 1. The number of nitrogens with one attached hydrogen (secondary N) is 1. The highest BCUT2D eigenvalue weighted by molar-refractivity contribution is 4.75. The number of hydrogen-bond acceptors (Lipinski definition) is 4. The Morgan fingerprint density at radius 1 is 1.20 bits per heavy atom. The molecule has 1 aliphatic heterocycles. The van der Waals surface area contributed by atoms with Crippen LogP contribution in [0, 0.1) is 11.8 Å². The predicted molar refractivity (Wildman–Crippen MR) is 79.8 cm³/mol. The van der Waals surface area contributed by atoms with E-state index in [-0.39, 0.29) is 0 Å². The van der Waals surface area contributed by atoms with Gasteiger partial charge in [-0.15, -0.1) is 0 Å². The first-order chi connectivity index (χ1) is 9.65. The first-order valence-corrected chi connectivity index (χ1v) is 8.27. The monoisotopic (exact) mass is 285 g/mol. The molecule has 4 heteroatoms. The number of hydrogen-bond donors (Lipinski definition) is 2. The van der Waals surface area contributed by atoms with Crippen molar-refractivity contribution in [1.29, 1.82) is 0 Å². The summed E-state index contributed by atoms with van der Waals surface area (Å²) in [5.74, 6) is 1.43. The average molecular weight is 285 g/mol. The molecule has 20 heavy (non-hydrogen) atoms. The van der Waals surface area contributed by atoms with Gasteiger partial charge in [0.2, 0.25) is 0 Å². The maximum Gasteiger partial charge on any atom is 0.0897 e. The lowest BCUT2D eigenvalue weighted by Gasteiger charge is -2.27. The molecule has 0 aromatic heterocycles. The molecule has 0 aromatic rings. The van der Waals surface area contributed by atoms with E-state index in [9.17, 15) is 5.11 Å². The van der Waals surface area contributed by atoms with Crippen LogP contribution in [0.1, 0.15) is 46.0 Å². The summed E-state index contributed by atoms with van der Waals surface area (Å²) in [4.78, 5) is 0. The van der Waals surface area contributed by atoms with E-state index in [1.165, 1.54) is 12.8 Å². The third-order valence-corrected chi connectivity index (χ3v) is 4.81. The van der Waals surface area contributed by atoms with Crippen LogP contribution in [0.4, 0.5) is 0 Å². The van der Waals surface area contributed by atoms with Crippen LogP contribution in [0.3, 0.4) is 0 Å². The lowest BCUT2D eigenvalue weighted by molar-refractivity contribution is -0.0280. The molecular weight excluding hydrogens is 254 g/mol. The van der Waals surface area contributed by atoms with Gasteiger partial charge in [0.15, 0.2) is 0 Å². The fourth-order valence-corrected chi connectivity index (χ4v) is 3.18. The minimum atomic E-state index is -0.396. The summed E-state index contributed by atoms with van der Waals surface area (Å²) in [5, 5.41) is 13.3. The van der Waals surface area contributed by atoms with Gasteiger partial charge in [-0.05, 0) is 50.9 Å². The lowest BCUT2D eigenvalue weighted by Crippen LogP contribution is -2.36. The zero-order valence-electron chi connectivity index (χ0n) is 13.0. The molecule has 0 radical (unpaired) electrons. The van der Waals surface area contributed by atoms with E-state index < -0.39 is 6.10 Å². The molecule has 1 saturated heterocycles. The van der Waals surface area contributed by atoms with Crippen molar-refractivity contribution < 1.29 is 14.6 Å². The molecule has 3 atom stereocenters. The van der Waals surface area contributed by atoms with Crippen LogP contribution in [0.5, 0.6) is 0 Å². The molecule has 2 N–H and O–H groups in total. The van der Waals surface area contributed by atoms with Crippen molar-refractivity contribution in [3.63, 3.8) is 0 Å². The number of ether oxygens (including phenoxy) is 2. The van der Waals surface area contributed by atoms with Gasteiger partial charge in [0, 0.05) is 19.7 Å². The largest absolute Gasteiger partial charge is 0.389 e. The van der Waals surface area contributed by atoms with E-state index in [1.54, 1.807) is 0 Å². The highest BCUT2D eigenvalue weighted by Gasteiger charge is 2.24. The van der Waals surface area contributed by atoms with Crippen LogP contribution < -0.4 is 5.32 Å². The normalized spacial score (nSPS) is 36.1. The molecular formula is C16H31NO3. The standard InChI is InChI=1S/C16H31NO3/c1-12-3-5-16(6-4-12)20-11-15(18)10-17-9-14-7-8-19-13(14)2/h12-18H,3-11H2,1-2H3. The SMILES string of the molecule is CC1CCC(OCC(O)CNCC2CCOC2C)CC1. The molecule has 2 rings (SSSR count). The van der Waals surface area contributed by atoms with Crippen molar-refractivity contribution >= 4 is 0 Å². The fraction of sp³-hybridized carbons (Fsp3) is 1.00. The molecule has 4 nitrogen and oxygen atoms in total. The van der Waals surface area contributed by atoms with Crippen molar-refractivity contribution in [1.82, 2.24) is 5.32 Å². The van der Waals surface area contributed by atoms with Crippen LogP contribution in [-0.4, -0.2) is 49.7 Å². The van der Waals surface area contributed by atoms with E-state index >= 15 is 0 Å². The van der Waals surface area contributed by atoms with Crippen molar-refractivity contribution in [3.8, 4) is 0 Å². The molecule has 1 saturated carbocycles. The Bertz CT molecular complexity index is 266. The minimum Gasteiger partial charge on any atom is -0.389 e. The maximum atomic E-state index is 9.95. The molecule has 3 unspecified atom stereocenters. The van der Waals surface area contributed by atoms with Gasteiger partial charge in [0.1, 0.15) is 0 Å². The Hall–Kier alpha value is -0.160. The second-order valence-corrected chi connectivity index (χ2v) is 6.65. The number of rotatable bonds is 7. The number of aliphatic hydroxyl groups excluding tert-OH is 1. The Balaban J connectivity index is 1.51. The summed E-state index contributed by atoms with van der Waals surface area (Å²) in [5.41, 5.74) is 0. The van der Waals surface area contributed by atoms with Gasteiger partial charge < -0.3 is 19.9 Å². The second-order valence-electron chi connectivity index (χ2n) is 6.65. The first-order valence-electron chi connectivity index (χ1n) is 8.27. The topological polar surface area (TPSA) is 50.7 Å². The molecule has 0 amide bonds. The molecule has 0 spiro atoms. The molecule has 0 aromatic carbocycles. The van der Waals surface area contributed by atoms with Gasteiger partial charge in [0.05, 0.1) is 24.9 Å². The van der Waals surface area contributed by atoms with Crippen molar-refractivity contribution in [2.24, 2.45) is 11.8 Å². The summed E-state index contributed by atoms with van der Waals surface area (Å²) >= 11 is 0. The quantitative estimate of drug-likeness (QED) is 0.751. The molecule has 2 fully saturated rings. The second kappa shape index (κ2) is 8.32. The zero-order chi connectivity index (χ0) is 14.4. The molecule has 118 valence electrons. The zero-order valence-corrected chi connectivity index (χ0v) is 13.0. The van der Waals surface area contributed by atoms with E-state index in [1.807, 2.05) is 0 Å². The van der Waals surface area contributed by atoms with Gasteiger partial charge in [-0.3, -0.25) is 0 Å². The van der Waals surface area contributed by atoms with Crippen LogP contribution in [0.15, 0.2) is 0 Å². The van der Waals surface area contributed by atoms with Gasteiger partial charge in [-0.25, -0.2) is 0 Å². The molecule has 0 bridgehead atoms. The van der Waals surface area contributed by atoms with Crippen LogP contribution >= 0.6 is 0 Å². The van der Waals surface area contributed by atoms with Crippen molar-refractivity contribution in [2.45, 2.75) is 64.3 Å². The van der Waals surface area contributed by atoms with Gasteiger partial charge in [-0.2, -0.15) is 0 Å². The summed E-state index contributed by atoms with van der Waals surface area (Å²) in [7, 11) is 0. The Kier molecular flexibility index (Phi) is 6.75. The van der Waals surface area contributed by atoms with Gasteiger partial charge in [-0.1, -0.05) is 6.92 Å². The third-order valence-electron chi connectivity index (χ3n) is 4.81. The minimum absolute atomic E-state index is 0.347. The van der Waals surface area contributed by atoms with Crippen molar-refractivity contribution in [2.75, 3.05) is 26.3 Å². The summed E-state index contributed by atoms with van der Waals surface area (Å²) < 4.78 is 11.4. The van der Waals surface area contributed by atoms with Crippen LogP contribution in [-0.2, 0) is 9.47 Å². The summed E-state index contributed by atoms with van der Waals surface area (Å²) in [6, 6.07) is 0. The summed E-state index contributed by atoms with van der Waals surface area (Å²) in [6.07, 6.45) is 6.27. The average Bonchev–Trinajstić information content (AvgIpc) is 2.84. The van der Waals surface area contributed by atoms with E-state index in [0.29, 0.717) is 31.3 Å². The Labute approximate surface area is 123 Å². The Morgan fingerprint density at radius 2 is 1.95 bits per heavy atom. The van der Waals surface area contributed by atoms with E-state index in [0.717, 1.165) is 38.3 Å². The Morgan fingerprint density at radius 3 is 2.60 bits per heavy atom. The highest BCUT2D eigenvalue weighted by Crippen LogP contribution is 2.25. The molecule has 1 aliphatic carbocycles. The highest BCUT2D eigenvalue weighted by atomic mass is 16.5. The maximum absolute atomic E-state index is 9.95. The molecule has 2 aliphatic rings. The van der Waals surface area contributed by atoms with Crippen LogP contribution in [0.2, 0.25) is 0 Å². The van der Waals surface area contributed by atoms with Gasteiger partial charge >= 0.3 is 0 Å². The smallest absolute Gasteiger partial charge is 0.0897 e.